The molecule has 16 heavy (non-hydrogen) atoms. The molecule has 86 valence electrons. The molecule has 0 saturated heterocycles. The summed E-state index contributed by atoms with van der Waals surface area (Å²) in [6.07, 6.45) is 1.83. The minimum absolute atomic E-state index is 0.211. The number of hydrogen-bond acceptors (Lipinski definition) is 3. The lowest BCUT2D eigenvalue weighted by Crippen LogP contribution is -2.21. The molecular formula is C12H14BrNOS. The minimum Gasteiger partial charge on any atom is -0.469 e. The van der Waals surface area contributed by atoms with Gasteiger partial charge in [-0.05, 0) is 46.4 Å². The van der Waals surface area contributed by atoms with Gasteiger partial charge in [0.1, 0.15) is 5.76 Å². The van der Waals surface area contributed by atoms with Crippen molar-refractivity contribution in [2.45, 2.75) is 19.9 Å². The van der Waals surface area contributed by atoms with E-state index in [2.05, 4.69) is 45.0 Å². The number of furan rings is 1. The molecule has 4 heteroatoms. The van der Waals surface area contributed by atoms with Crippen molar-refractivity contribution in [3.05, 3.63) is 44.4 Å². The first-order valence-electron chi connectivity index (χ1n) is 5.22. The first-order valence-corrected chi connectivity index (χ1v) is 6.96. The zero-order valence-corrected chi connectivity index (χ0v) is 11.7. The van der Waals surface area contributed by atoms with E-state index in [9.17, 15) is 0 Å². The van der Waals surface area contributed by atoms with Gasteiger partial charge in [-0.25, -0.2) is 0 Å². The summed E-state index contributed by atoms with van der Waals surface area (Å²) in [6.45, 7) is 5.01. The fourth-order valence-corrected chi connectivity index (χ4v) is 3.28. The molecule has 1 atom stereocenters. The van der Waals surface area contributed by atoms with E-state index in [0.717, 1.165) is 16.8 Å². The number of hydrogen-bond donors (Lipinski definition) is 1. The molecule has 0 amide bonds. The molecule has 0 saturated carbocycles. The summed E-state index contributed by atoms with van der Waals surface area (Å²) >= 11 is 5.29. The summed E-state index contributed by atoms with van der Waals surface area (Å²) in [5.41, 5.74) is 2.45. The Morgan fingerprint density at radius 2 is 2.31 bits per heavy atom. The van der Waals surface area contributed by atoms with Gasteiger partial charge < -0.3 is 9.73 Å². The van der Waals surface area contributed by atoms with Crippen molar-refractivity contribution < 1.29 is 4.42 Å². The fraction of sp³-hybridized carbons (Fsp3) is 0.333. The topological polar surface area (TPSA) is 25.2 Å². The number of thiophene rings is 1. The van der Waals surface area contributed by atoms with Crippen molar-refractivity contribution in [2.75, 3.05) is 6.54 Å². The highest BCUT2D eigenvalue weighted by Gasteiger charge is 2.18. The summed E-state index contributed by atoms with van der Waals surface area (Å²) in [6, 6.07) is 2.29. The van der Waals surface area contributed by atoms with Crippen LogP contribution in [0, 0.1) is 6.92 Å². The molecule has 2 aromatic heterocycles. The van der Waals surface area contributed by atoms with E-state index in [0.29, 0.717) is 0 Å². The van der Waals surface area contributed by atoms with Crippen molar-refractivity contribution in [1.29, 1.82) is 0 Å². The van der Waals surface area contributed by atoms with Gasteiger partial charge in [0.2, 0.25) is 0 Å². The van der Waals surface area contributed by atoms with Gasteiger partial charge in [0.25, 0.3) is 0 Å². The Morgan fingerprint density at radius 1 is 1.50 bits per heavy atom. The molecule has 0 radical (unpaired) electrons. The Morgan fingerprint density at radius 3 is 2.81 bits per heavy atom. The average Bonchev–Trinajstić information content (AvgIpc) is 2.84. The molecular weight excluding hydrogens is 286 g/mol. The first-order chi connectivity index (χ1) is 7.72. The number of aryl methyl sites for hydroxylation is 1. The van der Waals surface area contributed by atoms with Crippen LogP contribution in [0.15, 0.2) is 32.0 Å². The molecule has 0 aliphatic rings. The Bertz CT molecular complexity index is 463. The second-order valence-corrected chi connectivity index (χ2v) is 5.25. The zero-order chi connectivity index (χ0) is 11.5. The third-order valence-electron chi connectivity index (χ3n) is 2.45. The Hall–Kier alpha value is -0.580. The predicted octanol–water partition coefficient (Wildman–Crippen LogP) is 4.11. The lowest BCUT2D eigenvalue weighted by Gasteiger charge is -2.15. The molecule has 0 aromatic carbocycles. The summed E-state index contributed by atoms with van der Waals surface area (Å²) in [4.78, 5) is 0. The van der Waals surface area contributed by atoms with Crippen molar-refractivity contribution in [1.82, 2.24) is 5.32 Å². The van der Waals surface area contributed by atoms with Crippen LogP contribution in [-0.2, 0) is 0 Å². The van der Waals surface area contributed by atoms with E-state index in [1.165, 1.54) is 11.1 Å². The molecule has 0 aliphatic carbocycles. The molecule has 0 fully saturated rings. The quantitative estimate of drug-likeness (QED) is 0.919. The Balaban J connectivity index is 2.34. The van der Waals surface area contributed by atoms with Crippen LogP contribution in [0.1, 0.15) is 29.9 Å². The van der Waals surface area contributed by atoms with E-state index in [-0.39, 0.29) is 6.04 Å². The summed E-state index contributed by atoms with van der Waals surface area (Å²) in [5.74, 6) is 0.948. The van der Waals surface area contributed by atoms with Crippen LogP contribution >= 0.6 is 27.3 Å². The minimum atomic E-state index is 0.211. The zero-order valence-electron chi connectivity index (χ0n) is 9.29. The third kappa shape index (κ3) is 2.39. The average molecular weight is 300 g/mol. The Kier molecular flexibility index (Phi) is 3.84. The summed E-state index contributed by atoms with van der Waals surface area (Å²) in [7, 11) is 0. The van der Waals surface area contributed by atoms with Crippen molar-refractivity contribution >= 4 is 27.3 Å². The van der Waals surface area contributed by atoms with Crippen molar-refractivity contribution in [2.24, 2.45) is 0 Å². The van der Waals surface area contributed by atoms with Crippen LogP contribution in [-0.4, -0.2) is 6.54 Å². The van der Waals surface area contributed by atoms with Gasteiger partial charge in [-0.2, -0.15) is 11.3 Å². The maximum atomic E-state index is 5.38. The molecule has 2 nitrogen and oxygen atoms in total. The number of rotatable bonds is 4. The van der Waals surface area contributed by atoms with Crippen LogP contribution in [0.3, 0.4) is 0 Å². The van der Waals surface area contributed by atoms with Gasteiger partial charge in [-0.15, -0.1) is 0 Å². The van der Waals surface area contributed by atoms with Gasteiger partial charge >= 0.3 is 0 Å². The highest BCUT2D eigenvalue weighted by molar-refractivity contribution is 9.10. The molecule has 1 unspecified atom stereocenters. The van der Waals surface area contributed by atoms with Gasteiger partial charge in [-0.1, -0.05) is 6.92 Å². The van der Waals surface area contributed by atoms with E-state index in [1.807, 2.05) is 13.2 Å². The van der Waals surface area contributed by atoms with Crippen LogP contribution in [0.5, 0.6) is 0 Å². The fourth-order valence-electron chi connectivity index (χ4n) is 1.72. The smallest absolute Gasteiger partial charge is 0.101 e. The normalized spacial score (nSPS) is 12.9. The molecule has 0 aliphatic heterocycles. The standard InChI is InChI=1S/C12H14BrNOS/c1-3-14-12(9-4-8(2)15-5-9)10-6-16-7-11(10)13/h4-7,12,14H,3H2,1-2H3. The number of nitrogens with one attached hydrogen (secondary N) is 1. The second-order valence-electron chi connectivity index (χ2n) is 3.66. The first kappa shape index (κ1) is 11.9. The monoisotopic (exact) mass is 299 g/mol. The van der Waals surface area contributed by atoms with Gasteiger partial charge in [0.15, 0.2) is 0 Å². The molecule has 0 spiro atoms. The van der Waals surface area contributed by atoms with Gasteiger partial charge in [-0.3, -0.25) is 0 Å². The van der Waals surface area contributed by atoms with Crippen molar-refractivity contribution in [3.63, 3.8) is 0 Å². The predicted molar refractivity (Wildman–Crippen MR) is 71.0 cm³/mol. The highest BCUT2D eigenvalue weighted by Crippen LogP contribution is 2.32. The lowest BCUT2D eigenvalue weighted by molar-refractivity contribution is 0.525. The molecule has 0 bridgehead atoms. The SMILES string of the molecule is CCNC(c1coc(C)c1)c1cscc1Br. The van der Waals surface area contributed by atoms with Gasteiger partial charge in [0.05, 0.1) is 12.3 Å². The molecule has 2 heterocycles. The molecule has 2 rings (SSSR count). The highest BCUT2D eigenvalue weighted by atomic mass is 79.9. The van der Waals surface area contributed by atoms with Crippen LogP contribution in [0.4, 0.5) is 0 Å². The van der Waals surface area contributed by atoms with Crippen molar-refractivity contribution in [3.8, 4) is 0 Å². The van der Waals surface area contributed by atoms with Crippen LogP contribution < -0.4 is 5.32 Å². The van der Waals surface area contributed by atoms with E-state index < -0.39 is 0 Å². The van der Waals surface area contributed by atoms with E-state index >= 15 is 0 Å². The third-order valence-corrected chi connectivity index (χ3v) is 4.20. The summed E-state index contributed by atoms with van der Waals surface area (Å²) < 4.78 is 6.53. The van der Waals surface area contributed by atoms with Crippen LogP contribution in [0.25, 0.3) is 0 Å². The lowest BCUT2D eigenvalue weighted by atomic mass is 10.0. The van der Waals surface area contributed by atoms with Gasteiger partial charge in [0, 0.05) is 15.4 Å². The maximum absolute atomic E-state index is 5.38. The second kappa shape index (κ2) is 5.17. The van der Waals surface area contributed by atoms with E-state index in [1.54, 1.807) is 11.3 Å². The van der Waals surface area contributed by atoms with E-state index in [4.69, 9.17) is 4.42 Å². The Labute approximate surface area is 108 Å². The summed E-state index contributed by atoms with van der Waals surface area (Å²) in [5, 5.41) is 7.74. The molecule has 2 aromatic rings. The maximum Gasteiger partial charge on any atom is 0.101 e. The number of halogens is 1. The molecule has 1 N–H and O–H groups in total. The largest absolute Gasteiger partial charge is 0.469 e. The van der Waals surface area contributed by atoms with Crippen LogP contribution in [0.2, 0.25) is 0 Å².